The monoisotopic (exact) mass is 499 g/mol. The van der Waals surface area contributed by atoms with Crippen LogP contribution in [0.3, 0.4) is 0 Å². The van der Waals surface area contributed by atoms with Crippen molar-refractivity contribution < 1.29 is 0 Å². The van der Waals surface area contributed by atoms with Gasteiger partial charge >= 0.3 is 0 Å². The Labute approximate surface area is 228 Å². The summed E-state index contributed by atoms with van der Waals surface area (Å²) >= 11 is 0. The Balaban J connectivity index is 0.000000827. The summed E-state index contributed by atoms with van der Waals surface area (Å²) in [5.41, 5.74) is 5.84. The molecule has 210 valence electrons. The largest absolute Gasteiger partial charge is 0.0953 e. The summed E-state index contributed by atoms with van der Waals surface area (Å²) in [6, 6.07) is 0. The van der Waals surface area contributed by atoms with Crippen LogP contribution in [0.15, 0.2) is 35.5 Å². The molecule has 0 spiro atoms. The fourth-order valence-electron chi connectivity index (χ4n) is 7.35. The summed E-state index contributed by atoms with van der Waals surface area (Å²) in [5, 5.41) is 0. The fraction of sp³-hybridized carbons (Fsp3) is 0.833. The van der Waals surface area contributed by atoms with E-state index < -0.39 is 0 Å². The molecule has 0 aromatic heterocycles. The zero-order valence-electron chi connectivity index (χ0n) is 25.1. The molecule has 4 unspecified atom stereocenters. The minimum Gasteiger partial charge on any atom is -0.0953 e. The van der Waals surface area contributed by atoms with Crippen molar-refractivity contribution in [2.45, 2.75) is 165 Å². The van der Waals surface area contributed by atoms with Gasteiger partial charge in [-0.1, -0.05) is 119 Å². The number of hydrogen-bond donors (Lipinski definition) is 0. The lowest BCUT2D eigenvalue weighted by molar-refractivity contribution is 0.126. The van der Waals surface area contributed by atoms with Crippen molar-refractivity contribution in [2.75, 3.05) is 0 Å². The van der Waals surface area contributed by atoms with Crippen LogP contribution in [0.1, 0.15) is 165 Å². The Morgan fingerprint density at radius 1 is 0.889 bits per heavy atom. The first-order chi connectivity index (χ1) is 16.7. The molecule has 0 aliphatic heterocycles. The SMILES string of the molecule is C.C=C1/C(=C\C=C2/CCCC3(C)C(CCCCC(C)(C)C)CCC23)CCCC1CC.CCCCCC. The molecule has 0 heterocycles. The zero-order valence-corrected chi connectivity index (χ0v) is 25.1. The Morgan fingerprint density at radius 2 is 1.58 bits per heavy atom. The summed E-state index contributed by atoms with van der Waals surface area (Å²) in [6.07, 6.45) is 28.6. The highest BCUT2D eigenvalue weighted by Gasteiger charge is 2.48. The van der Waals surface area contributed by atoms with E-state index in [1.165, 1.54) is 115 Å². The van der Waals surface area contributed by atoms with Gasteiger partial charge in [-0.25, -0.2) is 0 Å². The van der Waals surface area contributed by atoms with Crippen LogP contribution in [0.2, 0.25) is 0 Å². The van der Waals surface area contributed by atoms with E-state index in [1.54, 1.807) is 11.1 Å². The highest BCUT2D eigenvalue weighted by molar-refractivity contribution is 5.37. The highest BCUT2D eigenvalue weighted by atomic mass is 14.5. The zero-order chi connectivity index (χ0) is 25.9. The van der Waals surface area contributed by atoms with E-state index in [-0.39, 0.29) is 7.43 Å². The average molecular weight is 499 g/mol. The molecule has 3 saturated carbocycles. The molecule has 3 aliphatic rings. The molecule has 36 heavy (non-hydrogen) atoms. The maximum Gasteiger partial charge on any atom is -0.0143 e. The number of allylic oxidation sites excluding steroid dienone is 5. The third-order valence-corrected chi connectivity index (χ3v) is 9.74. The normalized spacial score (nSPS) is 30.5. The summed E-state index contributed by atoms with van der Waals surface area (Å²) in [6.45, 7) is 21.1. The Kier molecular flexibility index (Phi) is 15.0. The van der Waals surface area contributed by atoms with Crippen molar-refractivity contribution in [3.05, 3.63) is 35.5 Å². The first kappa shape index (κ1) is 33.2. The van der Waals surface area contributed by atoms with Crippen LogP contribution in [0.4, 0.5) is 0 Å². The molecule has 3 fully saturated rings. The molecule has 4 atom stereocenters. The van der Waals surface area contributed by atoms with Crippen LogP contribution >= 0.6 is 0 Å². The summed E-state index contributed by atoms with van der Waals surface area (Å²) in [5.74, 6) is 2.53. The molecule has 0 radical (unpaired) electrons. The van der Waals surface area contributed by atoms with Crippen LogP contribution in [0.5, 0.6) is 0 Å². The van der Waals surface area contributed by atoms with Crippen molar-refractivity contribution in [3.8, 4) is 0 Å². The minimum absolute atomic E-state index is 0. The number of hydrogen-bond acceptors (Lipinski definition) is 0. The van der Waals surface area contributed by atoms with E-state index in [2.05, 4.69) is 67.2 Å². The van der Waals surface area contributed by atoms with Crippen molar-refractivity contribution in [1.82, 2.24) is 0 Å². The molecule has 0 N–H and O–H groups in total. The lowest BCUT2D eigenvalue weighted by Gasteiger charge is -2.42. The molecule has 0 aromatic rings. The van der Waals surface area contributed by atoms with E-state index >= 15 is 0 Å². The van der Waals surface area contributed by atoms with Crippen molar-refractivity contribution in [1.29, 1.82) is 0 Å². The fourth-order valence-corrected chi connectivity index (χ4v) is 7.35. The van der Waals surface area contributed by atoms with Crippen molar-refractivity contribution in [2.24, 2.45) is 28.6 Å². The Hall–Kier alpha value is -0.780. The van der Waals surface area contributed by atoms with E-state index in [0.29, 0.717) is 10.8 Å². The van der Waals surface area contributed by atoms with Crippen LogP contribution < -0.4 is 0 Å². The molecule has 0 saturated heterocycles. The smallest absolute Gasteiger partial charge is 0.0143 e. The van der Waals surface area contributed by atoms with Crippen molar-refractivity contribution in [3.63, 3.8) is 0 Å². The number of fused-ring (bicyclic) bond motifs is 1. The van der Waals surface area contributed by atoms with E-state index in [0.717, 1.165) is 17.8 Å². The summed E-state index contributed by atoms with van der Waals surface area (Å²) < 4.78 is 0. The summed E-state index contributed by atoms with van der Waals surface area (Å²) in [7, 11) is 0. The third kappa shape index (κ3) is 9.83. The van der Waals surface area contributed by atoms with Gasteiger partial charge in [0.05, 0.1) is 0 Å². The maximum atomic E-state index is 4.47. The van der Waals surface area contributed by atoms with Gasteiger partial charge in [-0.05, 0) is 110 Å². The van der Waals surface area contributed by atoms with Gasteiger partial charge < -0.3 is 0 Å². The molecule has 3 rings (SSSR count). The predicted octanol–water partition coefficient (Wildman–Crippen LogP) is 12.7. The number of rotatable bonds is 9. The maximum absolute atomic E-state index is 4.47. The molecular formula is C36H66. The van der Waals surface area contributed by atoms with Gasteiger partial charge in [-0.2, -0.15) is 0 Å². The van der Waals surface area contributed by atoms with Gasteiger partial charge in [0.25, 0.3) is 0 Å². The standard InChI is InChI=1S/C29H48.C6H14.CH4/c1-7-23-12-10-13-24(22(23)2)16-17-25-14-11-21-29(6)26(18-19-27(25)29)15-8-9-20-28(3,4)5;1-3-5-6-4-2;/h16-17,23,26-27H,2,7-15,18-21H2,1,3-6H3;3-6H2,1-2H3;1H4/b24-16-,25-17+;;. The molecule has 3 aliphatic carbocycles. The molecular weight excluding hydrogens is 432 g/mol. The van der Waals surface area contributed by atoms with Crippen LogP contribution in [0.25, 0.3) is 0 Å². The quantitative estimate of drug-likeness (QED) is 0.277. The van der Waals surface area contributed by atoms with Gasteiger partial charge in [0.15, 0.2) is 0 Å². The van der Waals surface area contributed by atoms with E-state index in [1.807, 2.05) is 0 Å². The van der Waals surface area contributed by atoms with Crippen LogP contribution in [-0.2, 0) is 0 Å². The highest BCUT2D eigenvalue weighted by Crippen LogP contribution is 2.58. The molecule has 0 nitrogen and oxygen atoms in total. The Morgan fingerprint density at radius 3 is 2.19 bits per heavy atom. The molecule has 0 bridgehead atoms. The van der Waals surface area contributed by atoms with E-state index in [9.17, 15) is 0 Å². The average Bonchev–Trinajstić information content (AvgIpc) is 3.16. The predicted molar refractivity (Wildman–Crippen MR) is 166 cm³/mol. The van der Waals surface area contributed by atoms with Crippen molar-refractivity contribution >= 4 is 0 Å². The van der Waals surface area contributed by atoms with Crippen LogP contribution in [-0.4, -0.2) is 0 Å². The topological polar surface area (TPSA) is 0 Å². The molecule has 0 heteroatoms. The van der Waals surface area contributed by atoms with Crippen LogP contribution in [0, 0.1) is 28.6 Å². The van der Waals surface area contributed by atoms with Gasteiger partial charge in [0, 0.05) is 0 Å². The number of unbranched alkanes of at least 4 members (excludes halogenated alkanes) is 4. The van der Waals surface area contributed by atoms with Gasteiger partial charge in [0.1, 0.15) is 0 Å². The van der Waals surface area contributed by atoms with Gasteiger partial charge in [-0.3, -0.25) is 0 Å². The minimum atomic E-state index is 0. The third-order valence-electron chi connectivity index (χ3n) is 9.74. The van der Waals surface area contributed by atoms with Gasteiger partial charge in [0.2, 0.25) is 0 Å². The lowest BCUT2D eigenvalue weighted by atomic mass is 9.62. The van der Waals surface area contributed by atoms with Gasteiger partial charge in [-0.15, -0.1) is 0 Å². The first-order valence-corrected chi connectivity index (χ1v) is 15.7. The molecule has 0 aromatic carbocycles. The Bertz CT molecular complexity index is 679. The lowest BCUT2D eigenvalue weighted by Crippen LogP contribution is -2.33. The second kappa shape index (κ2) is 16.2. The second-order valence-corrected chi connectivity index (χ2v) is 13.7. The molecule has 0 amide bonds. The second-order valence-electron chi connectivity index (χ2n) is 13.7. The summed E-state index contributed by atoms with van der Waals surface area (Å²) in [4.78, 5) is 0. The first-order valence-electron chi connectivity index (χ1n) is 15.7. The van der Waals surface area contributed by atoms with E-state index in [4.69, 9.17) is 0 Å².